The van der Waals surface area contributed by atoms with Gasteiger partial charge in [-0.2, -0.15) is 4.98 Å². The zero-order valence-electron chi connectivity index (χ0n) is 18.7. The highest BCUT2D eigenvalue weighted by atomic mass is 32.1. The Balaban J connectivity index is 1.08. The number of benzene rings is 2. The molecule has 2 aromatic heterocycles. The largest absolute Gasteiger partial charge is 0.340 e. The van der Waals surface area contributed by atoms with E-state index in [9.17, 15) is 9.18 Å². The number of hydrogen-bond acceptors (Lipinski definition) is 6. The average molecular weight is 477 g/mol. The van der Waals surface area contributed by atoms with Gasteiger partial charge in [-0.15, -0.1) is 11.3 Å². The Bertz CT molecular complexity index is 1250. The van der Waals surface area contributed by atoms with E-state index in [-0.39, 0.29) is 11.7 Å². The minimum atomic E-state index is -0.219. The number of carbonyl (C=O) groups is 1. The van der Waals surface area contributed by atoms with Crippen molar-refractivity contribution >= 4 is 17.2 Å². The second-order valence-electron chi connectivity index (χ2n) is 8.31. The van der Waals surface area contributed by atoms with Gasteiger partial charge < -0.3 is 9.42 Å². The molecular weight excluding hydrogens is 451 g/mol. The van der Waals surface area contributed by atoms with E-state index in [1.54, 1.807) is 23.5 Å². The fourth-order valence-corrected chi connectivity index (χ4v) is 5.12. The number of hydrogen-bond donors (Lipinski definition) is 0. The third-order valence-electron chi connectivity index (χ3n) is 5.93. The van der Waals surface area contributed by atoms with Crippen LogP contribution in [0.25, 0.3) is 21.8 Å². The first kappa shape index (κ1) is 22.4. The predicted octanol–water partition coefficient (Wildman–Crippen LogP) is 4.88. The Morgan fingerprint density at radius 1 is 0.971 bits per heavy atom. The fourth-order valence-electron chi connectivity index (χ4n) is 4.07. The molecule has 0 radical (unpaired) electrons. The summed E-state index contributed by atoms with van der Waals surface area (Å²) in [5.74, 6) is 0.927. The van der Waals surface area contributed by atoms with E-state index in [2.05, 4.69) is 27.2 Å². The maximum absolute atomic E-state index is 13.5. The van der Waals surface area contributed by atoms with Crippen LogP contribution < -0.4 is 0 Å². The average Bonchev–Trinajstić information content (AvgIpc) is 3.54. The summed E-state index contributed by atoms with van der Waals surface area (Å²) in [6.07, 6.45) is 0.801. The summed E-state index contributed by atoms with van der Waals surface area (Å²) < 4.78 is 18.8. The van der Waals surface area contributed by atoms with Crippen molar-refractivity contribution in [3.63, 3.8) is 0 Å². The Morgan fingerprint density at radius 2 is 1.76 bits per heavy atom. The van der Waals surface area contributed by atoms with E-state index >= 15 is 0 Å². The normalized spacial score (nSPS) is 14.4. The second-order valence-corrected chi connectivity index (χ2v) is 9.48. The lowest BCUT2D eigenvalue weighted by Crippen LogP contribution is -2.48. The van der Waals surface area contributed by atoms with Crippen LogP contribution in [0.15, 0.2) is 71.3 Å². The van der Waals surface area contributed by atoms with E-state index in [4.69, 9.17) is 4.52 Å². The van der Waals surface area contributed by atoms with Crippen LogP contribution in [0.4, 0.5) is 4.39 Å². The highest BCUT2D eigenvalue weighted by molar-refractivity contribution is 7.15. The molecule has 0 bridgehead atoms. The zero-order chi connectivity index (χ0) is 23.3. The number of amides is 1. The van der Waals surface area contributed by atoms with Crippen LogP contribution >= 0.6 is 11.3 Å². The standard InChI is InChI=1S/C26H25FN4O2S/c27-21-8-4-7-20(17-21)23-10-9-22(34-23)18-30-13-15-31(16-14-30)25(32)12-11-24-28-26(29-33-24)19-5-2-1-3-6-19/h1-10,17H,11-16,18H2. The van der Waals surface area contributed by atoms with Crippen LogP contribution in [0.3, 0.4) is 0 Å². The molecule has 0 unspecified atom stereocenters. The van der Waals surface area contributed by atoms with Crippen LogP contribution in [-0.2, 0) is 17.8 Å². The molecule has 5 rings (SSSR count). The van der Waals surface area contributed by atoms with Crippen molar-refractivity contribution < 1.29 is 13.7 Å². The molecule has 8 heteroatoms. The molecule has 1 saturated heterocycles. The molecule has 0 atom stereocenters. The van der Waals surface area contributed by atoms with Crippen molar-refractivity contribution in [2.45, 2.75) is 19.4 Å². The first-order valence-electron chi connectivity index (χ1n) is 11.4. The third kappa shape index (κ3) is 5.40. The highest BCUT2D eigenvalue weighted by Gasteiger charge is 2.22. The number of nitrogens with zero attached hydrogens (tertiary/aromatic N) is 4. The van der Waals surface area contributed by atoms with Crippen LogP contribution in [0.2, 0.25) is 0 Å². The minimum Gasteiger partial charge on any atom is -0.340 e. The summed E-state index contributed by atoms with van der Waals surface area (Å²) in [6.45, 7) is 3.92. The topological polar surface area (TPSA) is 62.5 Å². The summed E-state index contributed by atoms with van der Waals surface area (Å²) in [7, 11) is 0. The number of rotatable bonds is 7. The molecule has 6 nitrogen and oxygen atoms in total. The van der Waals surface area contributed by atoms with Gasteiger partial charge in [-0.05, 0) is 29.8 Å². The van der Waals surface area contributed by atoms with Crippen molar-refractivity contribution in [1.82, 2.24) is 19.9 Å². The summed E-state index contributed by atoms with van der Waals surface area (Å²) in [6, 6.07) is 20.5. The van der Waals surface area contributed by atoms with Gasteiger partial charge in [0, 0.05) is 60.9 Å². The molecule has 174 valence electrons. The highest BCUT2D eigenvalue weighted by Crippen LogP contribution is 2.29. The molecule has 3 heterocycles. The molecule has 0 spiro atoms. The molecule has 2 aromatic carbocycles. The van der Waals surface area contributed by atoms with Gasteiger partial charge in [0.2, 0.25) is 17.6 Å². The Kier molecular flexibility index (Phi) is 6.78. The van der Waals surface area contributed by atoms with E-state index < -0.39 is 0 Å². The predicted molar refractivity (Wildman–Crippen MR) is 130 cm³/mol. The summed E-state index contributed by atoms with van der Waals surface area (Å²) >= 11 is 1.69. The van der Waals surface area contributed by atoms with Gasteiger partial charge in [-0.1, -0.05) is 47.6 Å². The van der Waals surface area contributed by atoms with Crippen LogP contribution in [0.1, 0.15) is 17.2 Å². The van der Waals surface area contributed by atoms with E-state index in [0.717, 1.165) is 35.6 Å². The molecule has 1 amide bonds. The zero-order valence-corrected chi connectivity index (χ0v) is 19.5. The van der Waals surface area contributed by atoms with Crippen LogP contribution in [0.5, 0.6) is 0 Å². The summed E-state index contributed by atoms with van der Waals surface area (Å²) in [5, 5.41) is 4.02. The van der Waals surface area contributed by atoms with Crippen LogP contribution in [-0.4, -0.2) is 52.0 Å². The number of thiophene rings is 1. The van der Waals surface area contributed by atoms with E-state index in [0.29, 0.717) is 37.6 Å². The monoisotopic (exact) mass is 476 g/mol. The fraction of sp³-hybridized carbons (Fsp3) is 0.269. The first-order chi connectivity index (χ1) is 16.6. The molecule has 0 aliphatic carbocycles. The molecule has 4 aromatic rings. The van der Waals surface area contributed by atoms with Gasteiger partial charge in [0.25, 0.3) is 0 Å². The third-order valence-corrected chi connectivity index (χ3v) is 7.05. The number of piperazine rings is 1. The lowest BCUT2D eigenvalue weighted by Gasteiger charge is -2.34. The number of halogens is 1. The molecular formula is C26H25FN4O2S. The quantitative estimate of drug-likeness (QED) is 0.380. The van der Waals surface area contributed by atoms with E-state index in [1.807, 2.05) is 41.3 Å². The molecule has 0 N–H and O–H groups in total. The van der Waals surface area contributed by atoms with Gasteiger partial charge in [0.05, 0.1) is 0 Å². The van der Waals surface area contributed by atoms with Crippen LogP contribution in [0, 0.1) is 5.82 Å². The Hall–Kier alpha value is -3.36. The summed E-state index contributed by atoms with van der Waals surface area (Å²) in [5.41, 5.74) is 1.80. The SMILES string of the molecule is O=C(CCc1nc(-c2ccccc2)no1)N1CCN(Cc2ccc(-c3cccc(F)c3)s2)CC1. The smallest absolute Gasteiger partial charge is 0.227 e. The van der Waals surface area contributed by atoms with Gasteiger partial charge in [0.15, 0.2) is 0 Å². The Labute approximate surface area is 201 Å². The number of aryl methyl sites for hydroxylation is 1. The van der Waals surface area contributed by atoms with Crippen molar-refractivity contribution in [2.75, 3.05) is 26.2 Å². The Morgan fingerprint density at radius 3 is 2.56 bits per heavy atom. The summed E-state index contributed by atoms with van der Waals surface area (Å²) in [4.78, 5) is 23.7. The van der Waals surface area contributed by atoms with Crippen molar-refractivity contribution in [2.24, 2.45) is 0 Å². The lowest BCUT2D eigenvalue weighted by molar-refractivity contribution is -0.133. The minimum absolute atomic E-state index is 0.114. The van der Waals surface area contributed by atoms with Gasteiger partial charge >= 0.3 is 0 Å². The van der Waals surface area contributed by atoms with Gasteiger partial charge in [-0.25, -0.2) is 4.39 Å². The van der Waals surface area contributed by atoms with Crippen molar-refractivity contribution in [3.8, 4) is 21.8 Å². The molecule has 1 aliphatic rings. The number of carbonyl (C=O) groups excluding carboxylic acids is 1. The lowest BCUT2D eigenvalue weighted by atomic mass is 10.2. The first-order valence-corrected chi connectivity index (χ1v) is 12.2. The van der Waals surface area contributed by atoms with Crippen molar-refractivity contribution in [1.29, 1.82) is 0 Å². The maximum Gasteiger partial charge on any atom is 0.227 e. The van der Waals surface area contributed by atoms with Gasteiger partial charge in [-0.3, -0.25) is 9.69 Å². The molecule has 0 saturated carbocycles. The molecule has 1 fully saturated rings. The number of aromatic nitrogens is 2. The molecule has 34 heavy (non-hydrogen) atoms. The van der Waals surface area contributed by atoms with E-state index in [1.165, 1.54) is 10.9 Å². The maximum atomic E-state index is 13.5. The van der Waals surface area contributed by atoms with Crippen molar-refractivity contribution in [3.05, 3.63) is 83.3 Å². The second kappa shape index (κ2) is 10.3. The molecule has 1 aliphatic heterocycles. The van der Waals surface area contributed by atoms with Gasteiger partial charge in [0.1, 0.15) is 5.82 Å².